The summed E-state index contributed by atoms with van der Waals surface area (Å²) in [5.41, 5.74) is 2.42. The van der Waals surface area contributed by atoms with Crippen LogP contribution < -0.4 is 5.32 Å². The Balaban J connectivity index is 1.43. The van der Waals surface area contributed by atoms with Crippen molar-refractivity contribution >= 4 is 11.7 Å². The second-order valence-electron chi connectivity index (χ2n) is 9.00. The van der Waals surface area contributed by atoms with E-state index in [4.69, 9.17) is 0 Å². The molecule has 6 heteroatoms. The van der Waals surface area contributed by atoms with E-state index < -0.39 is 0 Å². The fraction of sp³-hybridized carbons (Fsp3) is 0.458. The van der Waals surface area contributed by atoms with Gasteiger partial charge in [-0.05, 0) is 69.0 Å². The summed E-state index contributed by atoms with van der Waals surface area (Å²) in [7, 11) is 0. The molecule has 0 aromatic heterocycles. The number of aryl methyl sites for hydroxylation is 1. The predicted octanol–water partition coefficient (Wildman–Crippen LogP) is 4.92. The van der Waals surface area contributed by atoms with E-state index in [2.05, 4.69) is 24.1 Å². The van der Waals surface area contributed by atoms with Gasteiger partial charge in [-0.3, -0.25) is 4.90 Å². The number of hydrogen-bond acceptors (Lipinski definition) is 3. The fourth-order valence-corrected chi connectivity index (χ4v) is 4.92. The number of phenolic OH excluding ortho intramolecular Hbond substituents is 1. The summed E-state index contributed by atoms with van der Waals surface area (Å²) in [5, 5.41) is 12.5. The molecule has 2 saturated heterocycles. The van der Waals surface area contributed by atoms with Crippen molar-refractivity contribution in [1.82, 2.24) is 9.80 Å². The maximum atomic E-state index is 13.8. The number of benzene rings is 2. The van der Waals surface area contributed by atoms with Gasteiger partial charge in [0.15, 0.2) is 0 Å². The number of amides is 2. The Bertz CT molecular complexity index is 921. The third kappa shape index (κ3) is 3.76. The lowest BCUT2D eigenvalue weighted by Crippen LogP contribution is -2.64. The van der Waals surface area contributed by atoms with Crippen molar-refractivity contribution in [3.63, 3.8) is 0 Å². The van der Waals surface area contributed by atoms with Gasteiger partial charge in [0.05, 0.1) is 0 Å². The normalized spacial score (nSPS) is 21.0. The number of nitrogens with one attached hydrogen (secondary N) is 1. The number of rotatable bonds is 3. The Morgan fingerprint density at radius 3 is 2.43 bits per heavy atom. The summed E-state index contributed by atoms with van der Waals surface area (Å²) in [5.74, 6) is -0.0346. The van der Waals surface area contributed by atoms with Crippen molar-refractivity contribution in [3.05, 3.63) is 59.4 Å². The van der Waals surface area contributed by atoms with E-state index in [-0.39, 0.29) is 23.0 Å². The van der Waals surface area contributed by atoms with Gasteiger partial charge in [0, 0.05) is 42.8 Å². The van der Waals surface area contributed by atoms with E-state index in [0.29, 0.717) is 36.4 Å². The lowest BCUT2D eigenvalue weighted by molar-refractivity contribution is -0.123. The second-order valence-corrected chi connectivity index (χ2v) is 9.00. The van der Waals surface area contributed by atoms with Gasteiger partial charge in [0.1, 0.15) is 11.6 Å². The van der Waals surface area contributed by atoms with Gasteiger partial charge in [0.25, 0.3) is 0 Å². The number of urea groups is 1. The van der Waals surface area contributed by atoms with Gasteiger partial charge in [-0.1, -0.05) is 18.2 Å². The maximum absolute atomic E-state index is 13.8. The number of likely N-dealkylation sites (tertiary alicyclic amines) is 2. The Labute approximate surface area is 177 Å². The van der Waals surface area contributed by atoms with Crippen molar-refractivity contribution in [2.75, 3.05) is 25.0 Å². The molecule has 2 fully saturated rings. The molecule has 5 nitrogen and oxygen atoms in total. The number of hydrogen-bond donors (Lipinski definition) is 2. The molecule has 1 unspecified atom stereocenters. The van der Waals surface area contributed by atoms with E-state index in [0.717, 1.165) is 19.4 Å². The molecule has 2 aliphatic heterocycles. The van der Waals surface area contributed by atoms with E-state index in [1.807, 2.05) is 17.0 Å². The topological polar surface area (TPSA) is 55.8 Å². The van der Waals surface area contributed by atoms with Crippen molar-refractivity contribution in [1.29, 1.82) is 0 Å². The number of carbonyl (C=O) groups excluding carboxylic acids is 1. The highest BCUT2D eigenvalue weighted by molar-refractivity contribution is 5.89. The van der Waals surface area contributed by atoms with Crippen molar-refractivity contribution in [3.8, 4) is 5.75 Å². The van der Waals surface area contributed by atoms with E-state index in [1.54, 1.807) is 31.2 Å². The molecule has 0 aliphatic carbocycles. The van der Waals surface area contributed by atoms with E-state index >= 15 is 0 Å². The quantitative estimate of drug-likeness (QED) is 0.754. The Kier molecular flexibility index (Phi) is 5.45. The average Bonchev–Trinajstić information content (AvgIpc) is 2.71. The van der Waals surface area contributed by atoms with Gasteiger partial charge in [-0.2, -0.15) is 0 Å². The van der Waals surface area contributed by atoms with E-state index in [1.165, 1.54) is 11.6 Å². The highest BCUT2D eigenvalue weighted by Gasteiger charge is 2.54. The van der Waals surface area contributed by atoms with Crippen molar-refractivity contribution in [2.24, 2.45) is 5.41 Å². The molecule has 1 spiro atoms. The smallest absolute Gasteiger partial charge is 0.321 e. The molecule has 2 aromatic carbocycles. The lowest BCUT2D eigenvalue weighted by Gasteiger charge is -2.62. The van der Waals surface area contributed by atoms with Crippen LogP contribution in [0.25, 0.3) is 0 Å². The number of halogens is 1. The second kappa shape index (κ2) is 7.91. The van der Waals surface area contributed by atoms with Gasteiger partial charge in [0.2, 0.25) is 0 Å². The molecule has 4 rings (SSSR count). The van der Waals surface area contributed by atoms with Crippen LogP contribution in [0.5, 0.6) is 5.75 Å². The first-order chi connectivity index (χ1) is 14.3. The number of carbonyl (C=O) groups is 1. The standard InChI is InChI=1S/C24H30FN3O2/c1-16(2)28-15-24(22(28)18-5-8-20(29)9-6-18)10-12-27(13-11-24)23(30)26-19-7-4-17(3)21(25)14-19/h4-9,14,16,22,29H,10-13,15H2,1-3H3,(H,26,30). The minimum atomic E-state index is -0.314. The third-order valence-electron chi connectivity index (χ3n) is 6.75. The number of phenols is 1. The summed E-state index contributed by atoms with van der Waals surface area (Å²) in [6.07, 6.45) is 1.86. The lowest BCUT2D eigenvalue weighted by atomic mass is 9.62. The molecule has 2 aromatic rings. The van der Waals surface area contributed by atoms with Crippen LogP contribution >= 0.6 is 0 Å². The Morgan fingerprint density at radius 1 is 1.17 bits per heavy atom. The van der Waals surface area contributed by atoms with Crippen molar-refractivity contribution < 1.29 is 14.3 Å². The molecule has 30 heavy (non-hydrogen) atoms. The third-order valence-corrected chi connectivity index (χ3v) is 6.75. The van der Waals surface area contributed by atoms with Crippen LogP contribution in [0.3, 0.4) is 0 Å². The summed E-state index contributed by atoms with van der Waals surface area (Å²) >= 11 is 0. The summed E-state index contributed by atoms with van der Waals surface area (Å²) in [6.45, 7) is 8.51. The first-order valence-electron chi connectivity index (χ1n) is 10.7. The predicted molar refractivity (Wildman–Crippen MR) is 116 cm³/mol. The van der Waals surface area contributed by atoms with Gasteiger partial charge in [-0.25, -0.2) is 9.18 Å². The monoisotopic (exact) mass is 411 g/mol. The molecule has 2 N–H and O–H groups in total. The highest BCUT2D eigenvalue weighted by atomic mass is 19.1. The zero-order valence-corrected chi connectivity index (χ0v) is 17.9. The molecule has 2 amide bonds. The van der Waals surface area contributed by atoms with Crippen molar-refractivity contribution in [2.45, 2.75) is 45.7 Å². The van der Waals surface area contributed by atoms with Crippen LogP contribution in [0.2, 0.25) is 0 Å². The molecular formula is C24H30FN3O2. The number of piperidine rings is 1. The number of nitrogens with zero attached hydrogens (tertiary/aromatic N) is 2. The van der Waals surface area contributed by atoms with Gasteiger partial charge < -0.3 is 15.3 Å². The van der Waals surface area contributed by atoms with Crippen LogP contribution in [0.1, 0.15) is 43.9 Å². The summed E-state index contributed by atoms with van der Waals surface area (Å²) < 4.78 is 13.8. The van der Waals surface area contributed by atoms with E-state index in [9.17, 15) is 14.3 Å². The number of anilines is 1. The van der Waals surface area contributed by atoms with Crippen LogP contribution in [-0.2, 0) is 0 Å². The highest BCUT2D eigenvalue weighted by Crippen LogP contribution is 2.55. The maximum Gasteiger partial charge on any atom is 0.321 e. The molecule has 0 bridgehead atoms. The molecule has 0 radical (unpaired) electrons. The fourth-order valence-electron chi connectivity index (χ4n) is 4.92. The summed E-state index contributed by atoms with van der Waals surface area (Å²) in [6, 6.07) is 12.9. The Hall–Kier alpha value is -2.60. The minimum Gasteiger partial charge on any atom is -0.508 e. The molecule has 1 atom stereocenters. The Morgan fingerprint density at radius 2 is 1.83 bits per heavy atom. The molecule has 0 saturated carbocycles. The van der Waals surface area contributed by atoms with Gasteiger partial charge >= 0.3 is 6.03 Å². The summed E-state index contributed by atoms with van der Waals surface area (Å²) in [4.78, 5) is 17.0. The first-order valence-corrected chi connectivity index (χ1v) is 10.7. The van der Waals surface area contributed by atoms with Crippen LogP contribution in [0, 0.1) is 18.2 Å². The minimum absolute atomic E-state index is 0.147. The first kappa shape index (κ1) is 20.7. The molecular weight excluding hydrogens is 381 g/mol. The zero-order chi connectivity index (χ0) is 21.5. The average molecular weight is 412 g/mol. The molecule has 160 valence electrons. The zero-order valence-electron chi connectivity index (χ0n) is 17.9. The number of aromatic hydroxyl groups is 1. The van der Waals surface area contributed by atoms with Crippen LogP contribution in [-0.4, -0.2) is 46.6 Å². The molecule has 2 heterocycles. The molecule has 2 aliphatic rings. The van der Waals surface area contributed by atoms with Gasteiger partial charge in [-0.15, -0.1) is 0 Å². The van der Waals surface area contributed by atoms with Crippen LogP contribution in [0.4, 0.5) is 14.9 Å². The van der Waals surface area contributed by atoms with Crippen LogP contribution in [0.15, 0.2) is 42.5 Å². The SMILES string of the molecule is Cc1ccc(NC(=O)N2CCC3(CC2)CN(C(C)C)C3c2ccc(O)cc2)cc1F. The largest absolute Gasteiger partial charge is 0.508 e.